The Bertz CT molecular complexity index is 922. The number of hydrogen-bond donors (Lipinski definition) is 20. The molecular formula is H48N14O24S6. The summed E-state index contributed by atoms with van der Waals surface area (Å²) in [5, 5.41) is 0. The van der Waals surface area contributed by atoms with E-state index in [1.54, 1.807) is 0 Å². The van der Waals surface area contributed by atoms with E-state index >= 15 is 0 Å². The van der Waals surface area contributed by atoms with E-state index in [0.717, 1.165) is 0 Å². The van der Waals surface area contributed by atoms with Gasteiger partial charge >= 0.3 is 62.4 Å². The van der Waals surface area contributed by atoms with Crippen LogP contribution in [0, 0.1) is 0 Å². The Morgan fingerprint density at radius 1 is 0.205 bits per heavy atom. The van der Waals surface area contributed by atoms with Gasteiger partial charge < -0.3 is 86.1 Å². The fraction of sp³-hybridized carbons (Fsp3) is 0. The summed E-state index contributed by atoms with van der Waals surface area (Å²) in [7, 11) is -30.1. The van der Waals surface area contributed by atoms with E-state index in [-0.39, 0.29) is 86.1 Å². The SMILES string of the molecule is N.N.N.N.N.N.N.N.N.N.N.N.N.N.O=S(=O)(O)OOS(=O)(=O)O.O=S(=O)(O)OOS(=O)(=O)O.O=S(=O)(O)OOS(=O)(=O)O. The fourth-order valence-corrected chi connectivity index (χ4v) is 1.90. The lowest BCUT2D eigenvalue weighted by atomic mass is 14.0. The first-order valence-corrected chi connectivity index (χ1v) is 12.8. The van der Waals surface area contributed by atoms with Crippen LogP contribution in [0.25, 0.3) is 0 Å². The molecule has 0 atom stereocenters. The third kappa shape index (κ3) is 165. The standard InChI is InChI=1S/14H3N.3H2O8S2/c;;;;;;;;;;;;;;3*1-9(2,3)7-8-10(4,5)6/h14*1H3;3*(H,1,2,3)(H,4,5,6). The van der Waals surface area contributed by atoms with E-state index in [0.29, 0.717) is 0 Å². The van der Waals surface area contributed by atoms with Gasteiger partial charge in [0.1, 0.15) is 0 Å². The normalized spacial score (nSPS) is 9.14. The van der Waals surface area contributed by atoms with Crippen LogP contribution in [0.15, 0.2) is 0 Å². The minimum absolute atomic E-state index is 0. The van der Waals surface area contributed by atoms with Gasteiger partial charge in [0.25, 0.3) is 0 Å². The number of hydrogen-bond acceptors (Lipinski definition) is 32. The van der Waals surface area contributed by atoms with Crippen molar-refractivity contribution in [1.82, 2.24) is 86.1 Å². The van der Waals surface area contributed by atoms with Gasteiger partial charge in [0, 0.05) is 0 Å². The van der Waals surface area contributed by atoms with Crippen LogP contribution in [0.5, 0.6) is 0 Å². The maximum atomic E-state index is 9.51. The molecule has 0 fully saturated rings. The zero-order valence-corrected chi connectivity index (χ0v) is 27.3. The Balaban J connectivity index is -0.0000000143. The topological polar surface area (TPSA) is 872 Å². The van der Waals surface area contributed by atoms with Gasteiger partial charge in [0.05, 0.1) is 0 Å². The highest BCUT2D eigenvalue weighted by Crippen LogP contribution is 1.93. The van der Waals surface area contributed by atoms with Gasteiger partial charge in [-0.05, 0) is 0 Å². The summed E-state index contributed by atoms with van der Waals surface area (Å²) in [6, 6.07) is 0. The fourth-order valence-electron chi connectivity index (χ4n) is 0.211. The quantitative estimate of drug-likeness (QED) is 0.0672. The van der Waals surface area contributed by atoms with Crippen molar-refractivity contribution in [3.05, 3.63) is 0 Å². The van der Waals surface area contributed by atoms with Crippen molar-refractivity contribution < 1.29 is 104 Å². The molecule has 0 saturated heterocycles. The molecular weight excluding hydrogens is 772 g/mol. The molecule has 0 aliphatic heterocycles. The first kappa shape index (κ1) is 112. The molecule has 0 amide bonds. The third-order valence-electron chi connectivity index (χ3n) is 0.599. The maximum absolute atomic E-state index is 9.51. The van der Waals surface area contributed by atoms with E-state index < -0.39 is 62.4 Å². The summed E-state index contributed by atoms with van der Waals surface area (Å²) in [5.41, 5.74) is 0. The van der Waals surface area contributed by atoms with Crippen LogP contribution in [0.3, 0.4) is 0 Å². The van der Waals surface area contributed by atoms with E-state index in [4.69, 9.17) is 27.3 Å². The summed E-state index contributed by atoms with van der Waals surface area (Å²) in [4.78, 5) is 0. The summed E-state index contributed by atoms with van der Waals surface area (Å²) < 4.78 is 177. The molecule has 0 radical (unpaired) electrons. The highest BCUT2D eigenvalue weighted by molar-refractivity contribution is 7.83. The minimum atomic E-state index is -5.02. The minimum Gasteiger partial charge on any atom is -0.344 e. The first-order chi connectivity index (χ1) is 12.6. The molecule has 0 spiro atoms. The lowest BCUT2D eigenvalue weighted by molar-refractivity contribution is -0.105. The first-order valence-electron chi connectivity index (χ1n) is 4.60. The summed E-state index contributed by atoms with van der Waals surface area (Å²) in [6.45, 7) is 0. The van der Waals surface area contributed by atoms with Gasteiger partial charge in [-0.3, -0.25) is 27.3 Å². The van der Waals surface area contributed by atoms with Crippen molar-refractivity contribution in [1.29, 1.82) is 0 Å². The predicted octanol–water partition coefficient (Wildman–Crippen LogP) is -2.11. The predicted molar refractivity (Wildman–Crippen MR) is 146 cm³/mol. The van der Waals surface area contributed by atoms with Gasteiger partial charge in [-0.1, -0.05) is 26.0 Å². The molecule has 0 bridgehead atoms. The highest BCUT2D eigenvalue weighted by atomic mass is 32.3. The Kier molecular flexibility index (Phi) is 106. The molecule has 0 heterocycles. The van der Waals surface area contributed by atoms with E-state index in [9.17, 15) is 50.5 Å². The average Bonchev–Trinajstić information content (AvgIpc) is 2.38. The molecule has 0 saturated carbocycles. The van der Waals surface area contributed by atoms with E-state index in [1.165, 1.54) is 0 Å². The molecule has 44 heavy (non-hydrogen) atoms. The molecule has 0 aromatic heterocycles. The summed E-state index contributed by atoms with van der Waals surface area (Å²) in [6.07, 6.45) is 0. The van der Waals surface area contributed by atoms with Crippen LogP contribution in [0.4, 0.5) is 0 Å². The second kappa shape index (κ2) is 41.7. The van der Waals surface area contributed by atoms with Crippen molar-refractivity contribution in [2.75, 3.05) is 0 Å². The molecule has 0 aromatic rings. The number of rotatable bonds is 9. The summed E-state index contributed by atoms with van der Waals surface area (Å²) >= 11 is 0. The molecule has 0 unspecified atom stereocenters. The molecule has 44 heteroatoms. The van der Waals surface area contributed by atoms with Crippen LogP contribution in [0.1, 0.15) is 0 Å². The zero-order valence-electron chi connectivity index (χ0n) is 22.4. The zero-order chi connectivity index (χ0) is 25.2. The van der Waals surface area contributed by atoms with Gasteiger partial charge in [-0.2, -0.15) is 50.5 Å². The second-order valence-corrected chi connectivity index (χ2v) is 8.92. The molecule has 48 N–H and O–H groups in total. The Morgan fingerprint density at radius 2 is 0.250 bits per heavy atom. The van der Waals surface area contributed by atoms with Crippen molar-refractivity contribution in [2.45, 2.75) is 0 Å². The molecule has 0 aromatic carbocycles. The van der Waals surface area contributed by atoms with Gasteiger partial charge in [0.2, 0.25) is 0 Å². The lowest BCUT2D eigenvalue weighted by Gasteiger charge is -1.92. The van der Waals surface area contributed by atoms with Crippen molar-refractivity contribution in [3.8, 4) is 0 Å². The Morgan fingerprint density at radius 3 is 0.273 bits per heavy atom. The van der Waals surface area contributed by atoms with Crippen LogP contribution in [-0.2, 0) is 88.4 Å². The largest absolute Gasteiger partial charge is 0.425 e. The van der Waals surface area contributed by atoms with Crippen LogP contribution in [0.2, 0.25) is 0 Å². The second-order valence-electron chi connectivity index (χ2n) is 2.97. The van der Waals surface area contributed by atoms with Gasteiger partial charge in [-0.25, -0.2) is 0 Å². The van der Waals surface area contributed by atoms with Gasteiger partial charge in [0.15, 0.2) is 0 Å². The lowest BCUT2D eigenvalue weighted by Crippen LogP contribution is -2.10. The van der Waals surface area contributed by atoms with Crippen molar-refractivity contribution >= 4 is 62.4 Å². The highest BCUT2D eigenvalue weighted by Gasteiger charge is 2.14. The van der Waals surface area contributed by atoms with Crippen molar-refractivity contribution in [3.63, 3.8) is 0 Å². The van der Waals surface area contributed by atoms with Crippen LogP contribution >= 0.6 is 0 Å². The summed E-state index contributed by atoms with van der Waals surface area (Å²) in [5.74, 6) is 0. The smallest absolute Gasteiger partial charge is 0.344 e. The van der Waals surface area contributed by atoms with Crippen LogP contribution < -0.4 is 86.1 Å². The Hall–Kier alpha value is -1.34. The maximum Gasteiger partial charge on any atom is 0.425 e. The van der Waals surface area contributed by atoms with Crippen molar-refractivity contribution in [2.24, 2.45) is 0 Å². The molecule has 298 valence electrons. The molecule has 0 aliphatic rings. The third-order valence-corrected chi connectivity index (χ3v) is 2.30. The molecule has 0 aliphatic carbocycles. The van der Waals surface area contributed by atoms with E-state index in [2.05, 4.69) is 26.0 Å². The van der Waals surface area contributed by atoms with Crippen LogP contribution in [-0.4, -0.2) is 77.8 Å². The molecule has 0 rings (SSSR count). The monoisotopic (exact) mass is 820 g/mol. The Labute approximate surface area is 252 Å². The molecule has 38 nitrogen and oxygen atoms in total. The van der Waals surface area contributed by atoms with E-state index in [1.807, 2.05) is 0 Å². The van der Waals surface area contributed by atoms with Gasteiger partial charge in [-0.15, -0.1) is 0 Å². The average molecular weight is 821 g/mol.